The summed E-state index contributed by atoms with van der Waals surface area (Å²) in [4.78, 5) is 15.1. The Hall–Kier alpha value is -2.90. The maximum Gasteiger partial charge on any atom is 0.243 e. The molecule has 7 heteroatoms. The van der Waals surface area contributed by atoms with Crippen molar-refractivity contribution in [3.8, 4) is 0 Å². The number of aryl methyl sites for hydroxylation is 1. The lowest BCUT2D eigenvalue weighted by Crippen LogP contribution is -2.30. The Kier molecular flexibility index (Phi) is 6.53. The van der Waals surface area contributed by atoms with E-state index in [9.17, 15) is 13.2 Å². The summed E-state index contributed by atoms with van der Waals surface area (Å²) in [5.74, 6) is 0.699. The number of nitrogens with zero attached hydrogens (tertiary/aromatic N) is 2. The van der Waals surface area contributed by atoms with Crippen molar-refractivity contribution >= 4 is 21.6 Å². The average molecular weight is 439 g/mol. The summed E-state index contributed by atoms with van der Waals surface area (Å²) in [6.07, 6.45) is 4.27. The Morgan fingerprint density at radius 2 is 1.65 bits per heavy atom. The van der Waals surface area contributed by atoms with Gasteiger partial charge in [-0.15, -0.1) is 0 Å². The van der Waals surface area contributed by atoms with Crippen LogP contribution in [0, 0.1) is 0 Å². The molecule has 1 saturated heterocycles. The molecule has 0 aliphatic carbocycles. The van der Waals surface area contributed by atoms with Crippen LogP contribution in [-0.4, -0.2) is 31.7 Å². The number of hydrogen-bond acceptors (Lipinski definition) is 4. The van der Waals surface area contributed by atoms with E-state index in [-0.39, 0.29) is 5.91 Å². The second kappa shape index (κ2) is 9.49. The summed E-state index contributed by atoms with van der Waals surface area (Å²) in [7, 11) is -3.42. The lowest BCUT2D eigenvalue weighted by atomic mass is 10.1. The third-order valence-electron chi connectivity index (χ3n) is 5.52. The zero-order chi connectivity index (χ0) is 21.7. The molecule has 1 aromatic heterocycles. The number of furan rings is 1. The van der Waals surface area contributed by atoms with E-state index in [1.165, 1.54) is 4.31 Å². The molecule has 6 nitrogen and oxygen atoms in total. The van der Waals surface area contributed by atoms with Crippen molar-refractivity contribution in [2.75, 3.05) is 18.0 Å². The standard InChI is InChI=1S/C24H26N2O4S/c27-24(26(19-22-9-6-18-30-22)21-7-2-1-3-8-21)15-12-20-10-13-23(14-11-20)31(28,29)25-16-4-5-17-25/h1-3,6-11,13-14,18H,4-5,12,15-17,19H2. The number of rotatable bonds is 8. The highest BCUT2D eigenvalue weighted by Gasteiger charge is 2.27. The van der Waals surface area contributed by atoms with E-state index < -0.39 is 10.0 Å². The van der Waals surface area contributed by atoms with Gasteiger partial charge in [-0.2, -0.15) is 4.31 Å². The molecule has 0 unspecified atom stereocenters. The van der Waals surface area contributed by atoms with Crippen LogP contribution in [0.15, 0.2) is 82.3 Å². The topological polar surface area (TPSA) is 70.8 Å². The number of carbonyl (C=O) groups excluding carboxylic acids is 1. The smallest absolute Gasteiger partial charge is 0.243 e. The fraction of sp³-hybridized carbons (Fsp3) is 0.292. The molecule has 1 fully saturated rings. The van der Waals surface area contributed by atoms with Gasteiger partial charge in [0.05, 0.1) is 17.7 Å². The molecule has 1 aliphatic heterocycles. The summed E-state index contributed by atoms with van der Waals surface area (Å²) in [5, 5.41) is 0. The maximum absolute atomic E-state index is 13.0. The average Bonchev–Trinajstić information content (AvgIpc) is 3.51. The van der Waals surface area contributed by atoms with Crippen molar-refractivity contribution in [3.63, 3.8) is 0 Å². The number of para-hydroxylation sites is 1. The first-order chi connectivity index (χ1) is 15.0. The van der Waals surface area contributed by atoms with Crippen molar-refractivity contribution in [2.45, 2.75) is 37.1 Å². The van der Waals surface area contributed by atoms with Gasteiger partial charge in [-0.05, 0) is 61.2 Å². The maximum atomic E-state index is 13.0. The Bertz CT molecular complexity index is 1090. The van der Waals surface area contributed by atoms with E-state index in [1.807, 2.05) is 36.4 Å². The lowest BCUT2D eigenvalue weighted by Gasteiger charge is -2.22. The van der Waals surface area contributed by atoms with Crippen molar-refractivity contribution in [1.82, 2.24) is 4.31 Å². The molecular weight excluding hydrogens is 412 g/mol. The zero-order valence-electron chi connectivity index (χ0n) is 17.3. The normalized spacial score (nSPS) is 14.6. The highest BCUT2D eigenvalue weighted by Crippen LogP contribution is 2.22. The highest BCUT2D eigenvalue weighted by molar-refractivity contribution is 7.89. The molecule has 0 spiro atoms. The van der Waals surface area contributed by atoms with Crippen LogP contribution in [0.2, 0.25) is 0 Å². The molecule has 2 aromatic carbocycles. The zero-order valence-corrected chi connectivity index (χ0v) is 18.1. The Labute approximate surface area is 183 Å². The molecule has 0 radical (unpaired) electrons. The third kappa shape index (κ3) is 5.06. The minimum absolute atomic E-state index is 0.0173. The van der Waals surface area contributed by atoms with Crippen LogP contribution in [0.25, 0.3) is 0 Å². The number of amides is 1. The first kappa shape index (κ1) is 21.3. The summed E-state index contributed by atoms with van der Waals surface area (Å²) in [6.45, 7) is 1.54. The first-order valence-corrected chi connectivity index (χ1v) is 11.9. The molecule has 0 N–H and O–H groups in total. The van der Waals surface area contributed by atoms with Gasteiger partial charge in [0.1, 0.15) is 5.76 Å². The largest absolute Gasteiger partial charge is 0.467 e. The second-order valence-corrected chi connectivity index (χ2v) is 9.59. The Morgan fingerprint density at radius 1 is 0.935 bits per heavy atom. The van der Waals surface area contributed by atoms with E-state index in [0.29, 0.717) is 43.1 Å². The van der Waals surface area contributed by atoms with Gasteiger partial charge >= 0.3 is 0 Å². The predicted octanol–water partition coefficient (Wildman–Crippen LogP) is 4.23. The summed E-state index contributed by atoms with van der Waals surface area (Å²) >= 11 is 0. The monoisotopic (exact) mass is 438 g/mol. The molecular formula is C24H26N2O4S. The van der Waals surface area contributed by atoms with Gasteiger partial charge in [0.2, 0.25) is 15.9 Å². The minimum atomic E-state index is -3.42. The Morgan fingerprint density at radius 3 is 2.29 bits per heavy atom. The molecule has 0 bridgehead atoms. The number of sulfonamides is 1. The molecule has 162 valence electrons. The Balaban J connectivity index is 1.42. The van der Waals surface area contributed by atoms with Crippen LogP contribution < -0.4 is 4.90 Å². The number of carbonyl (C=O) groups is 1. The number of anilines is 1. The van der Waals surface area contributed by atoms with Gasteiger partial charge in [0.15, 0.2) is 0 Å². The molecule has 0 saturated carbocycles. The molecule has 2 heterocycles. The van der Waals surface area contributed by atoms with Gasteiger partial charge in [-0.25, -0.2) is 8.42 Å². The van der Waals surface area contributed by atoms with Crippen LogP contribution in [0.4, 0.5) is 5.69 Å². The van der Waals surface area contributed by atoms with E-state index >= 15 is 0 Å². The van der Waals surface area contributed by atoms with E-state index in [1.54, 1.807) is 41.5 Å². The van der Waals surface area contributed by atoms with Gasteiger partial charge in [-0.3, -0.25) is 4.79 Å². The van der Waals surface area contributed by atoms with E-state index in [2.05, 4.69) is 0 Å². The van der Waals surface area contributed by atoms with Gasteiger partial charge in [0, 0.05) is 25.2 Å². The molecule has 1 aliphatic rings. The van der Waals surface area contributed by atoms with Crippen molar-refractivity contribution in [1.29, 1.82) is 0 Å². The molecule has 3 aromatic rings. The van der Waals surface area contributed by atoms with E-state index in [4.69, 9.17) is 4.42 Å². The fourth-order valence-corrected chi connectivity index (χ4v) is 5.30. The summed E-state index contributed by atoms with van der Waals surface area (Å²) in [6, 6.07) is 20.1. The van der Waals surface area contributed by atoms with Crippen LogP contribution in [-0.2, 0) is 27.8 Å². The molecule has 0 atom stereocenters. The highest BCUT2D eigenvalue weighted by atomic mass is 32.2. The molecule has 4 rings (SSSR count). The van der Waals surface area contributed by atoms with Crippen molar-refractivity contribution in [2.24, 2.45) is 0 Å². The molecule has 31 heavy (non-hydrogen) atoms. The lowest BCUT2D eigenvalue weighted by molar-refractivity contribution is -0.118. The van der Waals surface area contributed by atoms with Gasteiger partial charge in [-0.1, -0.05) is 30.3 Å². The number of benzene rings is 2. The SMILES string of the molecule is O=C(CCc1ccc(S(=O)(=O)N2CCCC2)cc1)N(Cc1ccco1)c1ccccc1. The number of hydrogen-bond donors (Lipinski definition) is 0. The third-order valence-corrected chi connectivity index (χ3v) is 7.43. The first-order valence-electron chi connectivity index (χ1n) is 10.5. The second-order valence-electron chi connectivity index (χ2n) is 7.65. The van der Waals surface area contributed by atoms with Crippen molar-refractivity contribution in [3.05, 3.63) is 84.3 Å². The summed E-state index contributed by atoms with van der Waals surface area (Å²) in [5.41, 5.74) is 1.75. The fourth-order valence-electron chi connectivity index (χ4n) is 3.78. The van der Waals surface area contributed by atoms with Crippen LogP contribution in [0.1, 0.15) is 30.6 Å². The van der Waals surface area contributed by atoms with Gasteiger partial charge in [0.25, 0.3) is 0 Å². The van der Waals surface area contributed by atoms with Gasteiger partial charge < -0.3 is 9.32 Å². The van der Waals surface area contributed by atoms with Crippen LogP contribution >= 0.6 is 0 Å². The predicted molar refractivity (Wildman–Crippen MR) is 119 cm³/mol. The van der Waals surface area contributed by atoms with Crippen LogP contribution in [0.3, 0.4) is 0 Å². The van der Waals surface area contributed by atoms with Crippen LogP contribution in [0.5, 0.6) is 0 Å². The minimum Gasteiger partial charge on any atom is -0.467 e. The van der Waals surface area contributed by atoms with Crippen molar-refractivity contribution < 1.29 is 17.6 Å². The quantitative estimate of drug-likeness (QED) is 0.528. The molecule has 1 amide bonds. The van der Waals surface area contributed by atoms with E-state index in [0.717, 1.165) is 24.1 Å². The summed E-state index contributed by atoms with van der Waals surface area (Å²) < 4.78 is 32.3.